The Morgan fingerprint density at radius 1 is 1.17 bits per heavy atom. The molecule has 1 fully saturated rings. The Balaban J connectivity index is 1.31. The number of carbonyl (C=O) groups excluding carboxylic acids is 2. The van der Waals surface area contributed by atoms with Crippen LogP contribution in [-0.4, -0.2) is 49.1 Å². The first-order valence-electron chi connectivity index (χ1n) is 11.3. The number of thiazole rings is 1. The first kappa shape index (κ1) is 23.2. The normalized spacial score (nSPS) is 15.9. The summed E-state index contributed by atoms with van der Waals surface area (Å²) in [5.41, 5.74) is 2.13. The average Bonchev–Trinajstić information content (AvgIpc) is 3.50. The van der Waals surface area contributed by atoms with Crippen LogP contribution in [0.3, 0.4) is 0 Å². The van der Waals surface area contributed by atoms with Crippen molar-refractivity contribution >= 4 is 34.9 Å². The lowest BCUT2D eigenvalue weighted by Crippen LogP contribution is -2.45. The van der Waals surface area contributed by atoms with Crippen LogP contribution in [0.15, 0.2) is 65.4 Å². The van der Waals surface area contributed by atoms with Gasteiger partial charge in [-0.15, -0.1) is 21.5 Å². The van der Waals surface area contributed by atoms with Gasteiger partial charge in [-0.05, 0) is 43.5 Å². The van der Waals surface area contributed by atoms with Crippen LogP contribution in [0.2, 0.25) is 0 Å². The third kappa shape index (κ3) is 5.41. The lowest BCUT2D eigenvalue weighted by Gasteiger charge is -2.14. The third-order valence-electron chi connectivity index (χ3n) is 5.52. The molecule has 1 aliphatic heterocycles. The molecule has 1 aromatic carbocycles. The van der Waals surface area contributed by atoms with Gasteiger partial charge in [0.25, 0.3) is 5.91 Å². The molecule has 0 bridgehead atoms. The molecule has 9 nitrogen and oxygen atoms in total. The highest BCUT2D eigenvalue weighted by Gasteiger charge is 2.24. The topological polar surface area (TPSA) is 115 Å². The van der Waals surface area contributed by atoms with Crippen LogP contribution < -0.4 is 10.6 Å². The average molecular weight is 506 g/mol. The van der Waals surface area contributed by atoms with Crippen molar-refractivity contribution < 1.29 is 9.59 Å². The largest absolute Gasteiger partial charge is 0.354 e. The molecule has 2 amide bonds. The molecular formula is C24H23N7O2S2. The fourth-order valence-electron chi connectivity index (χ4n) is 3.77. The summed E-state index contributed by atoms with van der Waals surface area (Å²) in [5, 5.41) is 17.7. The Labute approximate surface area is 210 Å². The van der Waals surface area contributed by atoms with E-state index in [4.69, 9.17) is 0 Å². The quantitative estimate of drug-likeness (QED) is 0.370. The van der Waals surface area contributed by atoms with Gasteiger partial charge in [0.2, 0.25) is 5.91 Å². The summed E-state index contributed by atoms with van der Waals surface area (Å²) in [7, 11) is 0. The Morgan fingerprint density at radius 3 is 2.89 bits per heavy atom. The maximum Gasteiger partial charge on any atom is 0.271 e. The minimum absolute atomic E-state index is 0.133. The Bertz CT molecular complexity index is 1310. The number of rotatable bonds is 7. The van der Waals surface area contributed by atoms with E-state index >= 15 is 0 Å². The number of nitrogens with zero attached hydrogens (tertiary/aromatic N) is 5. The van der Waals surface area contributed by atoms with Crippen LogP contribution >= 0.6 is 23.1 Å². The second kappa shape index (κ2) is 10.8. The molecule has 0 radical (unpaired) electrons. The second-order valence-electron chi connectivity index (χ2n) is 7.95. The SMILES string of the molecule is O=C(NC1CCCCNC1=O)c1csc(CSc2nnc(-c3cccnc3)n2-c2ccccc2)n1. The van der Waals surface area contributed by atoms with Gasteiger partial charge in [0.1, 0.15) is 16.7 Å². The van der Waals surface area contributed by atoms with Gasteiger partial charge in [0.15, 0.2) is 11.0 Å². The van der Waals surface area contributed by atoms with Crippen molar-refractivity contribution in [2.45, 2.75) is 36.2 Å². The Hall–Kier alpha value is -3.57. The van der Waals surface area contributed by atoms with Gasteiger partial charge in [-0.1, -0.05) is 30.0 Å². The van der Waals surface area contributed by atoms with E-state index in [-0.39, 0.29) is 11.8 Å². The maximum absolute atomic E-state index is 12.7. The zero-order valence-electron chi connectivity index (χ0n) is 18.8. The van der Waals surface area contributed by atoms with E-state index in [2.05, 4.69) is 30.8 Å². The van der Waals surface area contributed by atoms with E-state index in [1.165, 1.54) is 23.1 Å². The highest BCUT2D eigenvalue weighted by Crippen LogP contribution is 2.30. The maximum atomic E-state index is 12.7. The molecule has 1 atom stereocenters. The molecule has 178 valence electrons. The van der Waals surface area contributed by atoms with Gasteiger partial charge >= 0.3 is 0 Å². The molecule has 1 saturated heterocycles. The summed E-state index contributed by atoms with van der Waals surface area (Å²) < 4.78 is 1.99. The number of hydrogen-bond donors (Lipinski definition) is 2. The van der Waals surface area contributed by atoms with Crippen molar-refractivity contribution in [3.63, 3.8) is 0 Å². The van der Waals surface area contributed by atoms with Crippen molar-refractivity contribution in [2.24, 2.45) is 0 Å². The monoisotopic (exact) mass is 505 g/mol. The van der Waals surface area contributed by atoms with Crippen molar-refractivity contribution in [1.29, 1.82) is 0 Å². The van der Waals surface area contributed by atoms with Crippen LogP contribution in [-0.2, 0) is 10.5 Å². The number of hydrogen-bond acceptors (Lipinski definition) is 8. The first-order valence-corrected chi connectivity index (χ1v) is 13.1. The van der Waals surface area contributed by atoms with Gasteiger partial charge in [0, 0.05) is 35.6 Å². The molecule has 2 N–H and O–H groups in total. The van der Waals surface area contributed by atoms with Crippen LogP contribution in [0, 0.1) is 0 Å². The highest BCUT2D eigenvalue weighted by atomic mass is 32.2. The summed E-state index contributed by atoms with van der Waals surface area (Å²) >= 11 is 2.90. The first-order chi connectivity index (χ1) is 17.2. The molecule has 5 rings (SSSR count). The Kier molecular flexibility index (Phi) is 7.15. The van der Waals surface area contributed by atoms with Crippen LogP contribution in [0.25, 0.3) is 17.1 Å². The van der Waals surface area contributed by atoms with Crippen LogP contribution in [0.4, 0.5) is 0 Å². The molecule has 0 aliphatic carbocycles. The molecule has 1 aliphatic rings. The molecule has 1 unspecified atom stereocenters. The molecule has 4 aromatic rings. The zero-order chi connectivity index (χ0) is 24.0. The lowest BCUT2D eigenvalue weighted by molar-refractivity contribution is -0.122. The summed E-state index contributed by atoms with van der Waals surface area (Å²) in [6.45, 7) is 0.652. The standard InChI is InChI=1S/C24H23N7O2S2/c32-22-18(10-4-5-12-26-22)28-23(33)19-14-34-20(27-19)15-35-24-30-29-21(16-7-6-11-25-13-16)31(24)17-8-2-1-3-9-17/h1-3,6-9,11,13-14,18H,4-5,10,12,15H2,(H,26,32)(H,28,33). The fraction of sp³-hybridized carbons (Fsp3) is 0.250. The van der Waals surface area contributed by atoms with Crippen LogP contribution in [0.5, 0.6) is 0 Å². The predicted molar refractivity (Wildman–Crippen MR) is 134 cm³/mol. The number of benzene rings is 1. The van der Waals surface area contributed by atoms with Crippen molar-refractivity contribution in [3.05, 3.63) is 70.9 Å². The van der Waals surface area contributed by atoms with Crippen molar-refractivity contribution in [3.8, 4) is 17.1 Å². The number of amides is 2. The van der Waals surface area contributed by atoms with Crippen molar-refractivity contribution in [1.82, 2.24) is 35.4 Å². The second-order valence-corrected chi connectivity index (χ2v) is 9.83. The lowest BCUT2D eigenvalue weighted by atomic mass is 10.1. The minimum Gasteiger partial charge on any atom is -0.354 e. The number of para-hydroxylation sites is 1. The van der Waals surface area contributed by atoms with Gasteiger partial charge in [-0.2, -0.15) is 0 Å². The van der Waals surface area contributed by atoms with Gasteiger partial charge < -0.3 is 10.6 Å². The molecule has 0 saturated carbocycles. The number of carbonyl (C=O) groups is 2. The molecular weight excluding hydrogens is 482 g/mol. The summed E-state index contributed by atoms with van der Waals surface area (Å²) in [6.07, 6.45) is 5.94. The van der Waals surface area contributed by atoms with E-state index in [1.807, 2.05) is 47.0 Å². The molecule has 35 heavy (non-hydrogen) atoms. The predicted octanol–water partition coefficient (Wildman–Crippen LogP) is 3.48. The van der Waals surface area contributed by atoms with E-state index < -0.39 is 6.04 Å². The van der Waals surface area contributed by atoms with E-state index in [1.54, 1.807) is 17.8 Å². The van der Waals surface area contributed by atoms with Gasteiger partial charge in [-0.3, -0.25) is 19.1 Å². The van der Waals surface area contributed by atoms with Crippen LogP contribution in [0.1, 0.15) is 34.8 Å². The number of thioether (sulfide) groups is 1. The molecule has 3 aromatic heterocycles. The summed E-state index contributed by atoms with van der Waals surface area (Å²) in [6, 6.07) is 13.2. The zero-order valence-corrected chi connectivity index (χ0v) is 20.4. The number of nitrogens with one attached hydrogen (secondary N) is 2. The Morgan fingerprint density at radius 2 is 2.06 bits per heavy atom. The summed E-state index contributed by atoms with van der Waals surface area (Å²) in [5.74, 6) is 0.768. The van der Waals surface area contributed by atoms with Gasteiger partial charge in [0.05, 0.1) is 5.75 Å². The van der Waals surface area contributed by atoms with Gasteiger partial charge in [-0.25, -0.2) is 4.98 Å². The minimum atomic E-state index is -0.514. The fourth-order valence-corrected chi connectivity index (χ4v) is 5.52. The molecule has 4 heterocycles. The molecule has 11 heteroatoms. The van der Waals surface area contributed by atoms with Crippen molar-refractivity contribution in [2.75, 3.05) is 6.54 Å². The van der Waals surface area contributed by atoms with E-state index in [0.717, 1.165) is 29.1 Å². The highest BCUT2D eigenvalue weighted by molar-refractivity contribution is 7.98. The third-order valence-corrected chi connectivity index (χ3v) is 7.49. The number of pyridine rings is 1. The van der Waals surface area contributed by atoms with E-state index in [9.17, 15) is 9.59 Å². The molecule has 0 spiro atoms. The van der Waals surface area contributed by atoms with E-state index in [0.29, 0.717) is 35.4 Å². The number of aromatic nitrogens is 5. The summed E-state index contributed by atoms with van der Waals surface area (Å²) in [4.78, 5) is 33.5. The smallest absolute Gasteiger partial charge is 0.271 e.